The predicted octanol–water partition coefficient (Wildman–Crippen LogP) is 3.68. The first-order chi connectivity index (χ1) is 17.9. The quantitative estimate of drug-likeness (QED) is 0.373. The van der Waals surface area contributed by atoms with Crippen LogP contribution in [0.3, 0.4) is 0 Å². The summed E-state index contributed by atoms with van der Waals surface area (Å²) in [6.45, 7) is 7.20. The predicted molar refractivity (Wildman–Crippen MR) is 143 cm³/mol. The number of hydrogen-bond donors (Lipinski definition) is 2. The Morgan fingerprint density at radius 2 is 1.76 bits per heavy atom. The topological polar surface area (TPSA) is 103 Å². The van der Waals surface area contributed by atoms with Crippen LogP contribution in [-0.2, 0) is 16.1 Å². The van der Waals surface area contributed by atoms with Crippen molar-refractivity contribution in [3.05, 3.63) is 66.1 Å². The zero-order chi connectivity index (χ0) is 25.9. The number of hydrogen-bond acceptors (Lipinski definition) is 7. The van der Waals surface area contributed by atoms with Crippen LogP contribution in [0.4, 0.5) is 5.82 Å². The Morgan fingerprint density at radius 3 is 2.49 bits per heavy atom. The number of ether oxygens (including phenoxy) is 1. The average Bonchev–Trinajstić information content (AvgIpc) is 3.35. The molecule has 0 spiro atoms. The number of anilines is 1. The molecule has 1 atom stereocenters. The normalized spacial score (nSPS) is 15.3. The molecule has 2 aromatic carbocycles. The number of rotatable bonds is 7. The van der Waals surface area contributed by atoms with Gasteiger partial charge in [-0.2, -0.15) is 0 Å². The van der Waals surface area contributed by atoms with Gasteiger partial charge in [0, 0.05) is 42.5 Å². The number of nitrogens with one attached hydrogen (secondary N) is 2. The van der Waals surface area contributed by atoms with E-state index in [2.05, 4.69) is 15.2 Å². The zero-order valence-electron chi connectivity index (χ0n) is 21.4. The smallest absolute Gasteiger partial charge is 0.328 e. The lowest BCUT2D eigenvalue weighted by atomic mass is 10.0. The highest BCUT2D eigenvalue weighted by Gasteiger charge is 2.26. The number of H-pyrrole nitrogens is 1. The summed E-state index contributed by atoms with van der Waals surface area (Å²) in [6.07, 6.45) is 0. The molecule has 1 amide bonds. The highest BCUT2D eigenvalue weighted by atomic mass is 16.5. The van der Waals surface area contributed by atoms with E-state index in [0.717, 1.165) is 34.9 Å². The molecule has 192 valence electrons. The largest absolute Gasteiger partial charge is 0.467 e. The summed E-state index contributed by atoms with van der Waals surface area (Å²) in [5.74, 6) is 1.01. The van der Waals surface area contributed by atoms with Crippen molar-refractivity contribution < 1.29 is 14.3 Å². The molecule has 1 aliphatic rings. The van der Waals surface area contributed by atoms with Gasteiger partial charge < -0.3 is 19.9 Å². The summed E-state index contributed by atoms with van der Waals surface area (Å²) in [4.78, 5) is 42.4. The van der Waals surface area contributed by atoms with E-state index in [4.69, 9.17) is 14.7 Å². The lowest BCUT2D eigenvalue weighted by Crippen LogP contribution is -2.48. The van der Waals surface area contributed by atoms with Crippen molar-refractivity contribution >= 4 is 39.5 Å². The molecule has 3 heterocycles. The first-order valence-corrected chi connectivity index (χ1v) is 12.6. The number of benzene rings is 2. The Labute approximate surface area is 215 Å². The Morgan fingerprint density at radius 1 is 1.03 bits per heavy atom. The summed E-state index contributed by atoms with van der Waals surface area (Å²) in [5.41, 5.74) is 2.40. The first kappa shape index (κ1) is 24.7. The van der Waals surface area contributed by atoms with Crippen LogP contribution in [-0.4, -0.2) is 76.0 Å². The maximum Gasteiger partial charge on any atom is 0.328 e. The number of piperazine rings is 1. The Bertz CT molecular complexity index is 1390. The number of para-hydroxylation sites is 2. The molecule has 5 rings (SSSR count). The minimum absolute atomic E-state index is 0.0202. The van der Waals surface area contributed by atoms with E-state index in [0.29, 0.717) is 37.0 Å². The molecule has 0 saturated carbocycles. The number of fused-ring (bicyclic) bond motifs is 2. The van der Waals surface area contributed by atoms with Gasteiger partial charge in [-0.1, -0.05) is 44.2 Å². The van der Waals surface area contributed by atoms with Crippen molar-refractivity contribution in [1.82, 2.24) is 24.8 Å². The van der Waals surface area contributed by atoms with Crippen LogP contribution in [0.1, 0.15) is 30.2 Å². The zero-order valence-corrected chi connectivity index (χ0v) is 21.4. The molecule has 1 saturated heterocycles. The number of nitrogens with zero attached hydrogens (tertiary/aromatic N) is 4. The lowest BCUT2D eigenvalue weighted by molar-refractivity contribution is -0.142. The van der Waals surface area contributed by atoms with E-state index in [9.17, 15) is 9.59 Å². The van der Waals surface area contributed by atoms with Crippen molar-refractivity contribution in [2.24, 2.45) is 5.92 Å². The Balaban J connectivity index is 1.29. The molecule has 9 heteroatoms. The second-order valence-electron chi connectivity index (χ2n) is 9.73. The van der Waals surface area contributed by atoms with Crippen molar-refractivity contribution in [3.63, 3.8) is 0 Å². The fraction of sp³-hybridized carbons (Fsp3) is 0.357. The van der Waals surface area contributed by atoms with Gasteiger partial charge >= 0.3 is 5.97 Å². The molecular formula is C28H32N6O3. The minimum atomic E-state index is -0.518. The number of aromatic nitrogens is 3. The standard InChI is InChI=1S/C28H32N6O3/c1-18(2)25(28(36)37-3)32-26-20-9-5-7-11-22(20)30-24(31-26)17-33-12-14-34(15-13-33)27(35)23-16-19-8-4-6-10-21(19)29-23/h4-11,16,18,25,29H,12-15,17H2,1-3H3,(H,30,31,32)/t25-/m0/s1. The van der Waals surface area contributed by atoms with Gasteiger partial charge in [-0.3, -0.25) is 9.69 Å². The van der Waals surface area contributed by atoms with Crippen molar-refractivity contribution in [3.8, 4) is 0 Å². The van der Waals surface area contributed by atoms with Crippen molar-refractivity contribution in [1.29, 1.82) is 0 Å². The lowest BCUT2D eigenvalue weighted by Gasteiger charge is -2.34. The monoisotopic (exact) mass is 500 g/mol. The molecule has 2 aromatic heterocycles. The second kappa shape index (κ2) is 10.6. The molecule has 0 bridgehead atoms. The molecule has 1 fully saturated rings. The number of esters is 1. The third kappa shape index (κ3) is 5.27. The fourth-order valence-corrected chi connectivity index (χ4v) is 4.75. The summed E-state index contributed by atoms with van der Waals surface area (Å²) in [7, 11) is 1.39. The van der Waals surface area contributed by atoms with Crippen LogP contribution in [0.25, 0.3) is 21.8 Å². The minimum Gasteiger partial charge on any atom is -0.467 e. The number of amides is 1. The molecule has 2 N–H and O–H groups in total. The van der Waals surface area contributed by atoms with Gasteiger partial charge in [0.15, 0.2) is 0 Å². The van der Waals surface area contributed by atoms with E-state index in [1.807, 2.05) is 73.3 Å². The van der Waals surface area contributed by atoms with Gasteiger partial charge in [0.05, 0.1) is 19.2 Å². The summed E-state index contributed by atoms with van der Waals surface area (Å²) in [6, 6.07) is 17.1. The summed E-state index contributed by atoms with van der Waals surface area (Å²) < 4.78 is 5.00. The van der Waals surface area contributed by atoms with Gasteiger partial charge in [-0.05, 0) is 30.2 Å². The Hall–Kier alpha value is -3.98. The van der Waals surface area contributed by atoms with Crippen LogP contribution in [0.2, 0.25) is 0 Å². The first-order valence-electron chi connectivity index (χ1n) is 12.6. The highest BCUT2D eigenvalue weighted by molar-refractivity contribution is 5.98. The molecule has 0 unspecified atom stereocenters. The van der Waals surface area contributed by atoms with Crippen molar-refractivity contribution in [2.45, 2.75) is 26.4 Å². The van der Waals surface area contributed by atoms with E-state index in [1.165, 1.54) is 7.11 Å². The SMILES string of the molecule is COC(=O)[C@@H](Nc1nc(CN2CCN(C(=O)c3cc4ccccc4[nH]3)CC2)nc2ccccc12)C(C)C. The molecule has 0 aliphatic carbocycles. The number of carbonyl (C=O) groups excluding carboxylic acids is 2. The van der Waals surface area contributed by atoms with Crippen molar-refractivity contribution in [2.75, 3.05) is 38.6 Å². The molecule has 1 aliphatic heterocycles. The van der Waals surface area contributed by atoms with Gasteiger partial charge in [0.1, 0.15) is 23.4 Å². The van der Waals surface area contributed by atoms with Gasteiger partial charge in [0.25, 0.3) is 5.91 Å². The number of aromatic amines is 1. The van der Waals surface area contributed by atoms with Gasteiger partial charge in [-0.25, -0.2) is 14.8 Å². The van der Waals surface area contributed by atoms with Crippen LogP contribution >= 0.6 is 0 Å². The summed E-state index contributed by atoms with van der Waals surface area (Å²) in [5, 5.41) is 5.19. The van der Waals surface area contributed by atoms with E-state index >= 15 is 0 Å². The third-order valence-electron chi connectivity index (χ3n) is 6.85. The number of methoxy groups -OCH3 is 1. The van der Waals surface area contributed by atoms with Crippen LogP contribution in [0.15, 0.2) is 54.6 Å². The van der Waals surface area contributed by atoms with E-state index in [-0.39, 0.29) is 17.8 Å². The van der Waals surface area contributed by atoms with Crippen LogP contribution in [0, 0.1) is 5.92 Å². The Kier molecular flexibility index (Phi) is 7.05. The average molecular weight is 501 g/mol. The van der Waals surface area contributed by atoms with Crippen LogP contribution < -0.4 is 5.32 Å². The molecule has 9 nitrogen and oxygen atoms in total. The second-order valence-corrected chi connectivity index (χ2v) is 9.73. The molecular weight excluding hydrogens is 468 g/mol. The molecule has 37 heavy (non-hydrogen) atoms. The third-order valence-corrected chi connectivity index (χ3v) is 6.85. The van der Waals surface area contributed by atoms with Gasteiger partial charge in [-0.15, -0.1) is 0 Å². The highest BCUT2D eigenvalue weighted by Crippen LogP contribution is 2.24. The molecule has 0 radical (unpaired) electrons. The summed E-state index contributed by atoms with van der Waals surface area (Å²) >= 11 is 0. The van der Waals surface area contributed by atoms with E-state index < -0.39 is 6.04 Å². The molecule has 4 aromatic rings. The van der Waals surface area contributed by atoms with E-state index in [1.54, 1.807) is 0 Å². The van der Waals surface area contributed by atoms with Gasteiger partial charge in [0.2, 0.25) is 0 Å². The fourth-order valence-electron chi connectivity index (χ4n) is 4.75. The van der Waals surface area contributed by atoms with Crippen LogP contribution in [0.5, 0.6) is 0 Å². The number of carbonyl (C=O) groups is 2. The maximum absolute atomic E-state index is 13.1. The maximum atomic E-state index is 13.1.